The Morgan fingerprint density at radius 1 is 1.26 bits per heavy atom. The summed E-state index contributed by atoms with van der Waals surface area (Å²) < 4.78 is 7.16. The fourth-order valence-electron chi connectivity index (χ4n) is 4.56. The molecule has 2 aromatic heterocycles. The molecule has 0 bridgehead atoms. The van der Waals surface area contributed by atoms with E-state index < -0.39 is 0 Å². The molecular formula is C22H21N7O2. The van der Waals surface area contributed by atoms with E-state index in [-0.39, 0.29) is 17.3 Å². The molecule has 2 aliphatic rings. The van der Waals surface area contributed by atoms with E-state index in [2.05, 4.69) is 32.5 Å². The van der Waals surface area contributed by atoms with Gasteiger partial charge in [0.05, 0.1) is 18.1 Å². The Morgan fingerprint density at radius 3 is 2.77 bits per heavy atom. The molecule has 0 radical (unpaired) electrons. The molecule has 4 heterocycles. The van der Waals surface area contributed by atoms with Gasteiger partial charge >= 0.3 is 6.01 Å². The molecule has 1 spiro atoms. The van der Waals surface area contributed by atoms with Crippen LogP contribution in [0.3, 0.4) is 0 Å². The Bertz CT molecular complexity index is 1240. The Hall–Kier alpha value is -3.93. The number of fused-ring (bicyclic) bond motifs is 1. The molecule has 3 aromatic rings. The first kappa shape index (κ1) is 19.1. The second-order valence-corrected chi connectivity index (χ2v) is 8.02. The van der Waals surface area contributed by atoms with Gasteiger partial charge in [-0.15, -0.1) is 0 Å². The fourth-order valence-corrected chi connectivity index (χ4v) is 4.56. The fraction of sp³-hybridized carbons (Fsp3) is 0.318. The average Bonchev–Trinajstić information content (AvgIpc) is 3.41. The Labute approximate surface area is 179 Å². The molecule has 0 unspecified atom stereocenters. The molecule has 1 amide bonds. The number of imidazole rings is 1. The number of aromatic nitrogens is 4. The second-order valence-electron chi connectivity index (χ2n) is 8.02. The number of nitrogens with zero attached hydrogens (tertiary/aromatic N) is 7. The van der Waals surface area contributed by atoms with Gasteiger partial charge in [0, 0.05) is 31.6 Å². The molecule has 5 rings (SSSR count). The quantitative estimate of drug-likeness (QED) is 0.600. The van der Waals surface area contributed by atoms with Crippen LogP contribution in [0.25, 0.3) is 16.9 Å². The predicted molar refractivity (Wildman–Crippen MR) is 114 cm³/mol. The van der Waals surface area contributed by atoms with Crippen molar-refractivity contribution in [3.8, 4) is 17.9 Å². The van der Waals surface area contributed by atoms with Crippen LogP contribution >= 0.6 is 0 Å². The number of nitriles is 1. The Balaban J connectivity index is 1.53. The first-order valence-corrected chi connectivity index (χ1v) is 10.0. The summed E-state index contributed by atoms with van der Waals surface area (Å²) in [5.74, 6) is 0.948. The SMILES string of the molecule is C=CC(=O)N1CC2(CCN(c3nc(OC)nc(-n4cnc5ccccc54)c3C#N)C2)C1. The summed E-state index contributed by atoms with van der Waals surface area (Å²) in [7, 11) is 1.51. The van der Waals surface area contributed by atoms with Gasteiger partial charge in [-0.2, -0.15) is 15.2 Å². The minimum atomic E-state index is -0.0419. The number of hydrogen-bond acceptors (Lipinski definition) is 7. The van der Waals surface area contributed by atoms with Crippen molar-refractivity contribution in [2.75, 3.05) is 38.2 Å². The van der Waals surface area contributed by atoms with Gasteiger partial charge in [0.2, 0.25) is 5.91 Å². The smallest absolute Gasteiger partial charge is 0.320 e. The van der Waals surface area contributed by atoms with Crippen molar-refractivity contribution in [2.45, 2.75) is 6.42 Å². The maximum absolute atomic E-state index is 11.9. The summed E-state index contributed by atoms with van der Waals surface area (Å²) in [6, 6.07) is 10.2. The van der Waals surface area contributed by atoms with Crippen molar-refractivity contribution in [1.29, 1.82) is 5.26 Å². The number of ether oxygens (including phenoxy) is 1. The minimum Gasteiger partial charge on any atom is -0.467 e. The summed E-state index contributed by atoms with van der Waals surface area (Å²) in [5.41, 5.74) is 2.05. The third-order valence-electron chi connectivity index (χ3n) is 6.10. The van der Waals surface area contributed by atoms with Gasteiger partial charge < -0.3 is 14.5 Å². The standard InChI is InChI=1S/C22H21N7O2/c1-3-18(30)28-12-22(13-28)8-9-27(11-22)19-15(10-23)20(26-21(25-19)31-2)29-14-24-16-6-4-5-7-17(16)29/h3-7,14H,1,8-9,11-13H2,2H3. The van der Waals surface area contributed by atoms with Crippen molar-refractivity contribution in [3.05, 3.63) is 48.8 Å². The van der Waals surface area contributed by atoms with E-state index in [0.717, 1.165) is 24.0 Å². The van der Waals surface area contributed by atoms with E-state index in [9.17, 15) is 10.1 Å². The summed E-state index contributed by atoms with van der Waals surface area (Å²) in [5, 5.41) is 10.0. The van der Waals surface area contributed by atoms with Crippen LogP contribution in [0.4, 0.5) is 5.82 Å². The third kappa shape index (κ3) is 2.99. The number of anilines is 1. The zero-order valence-electron chi connectivity index (χ0n) is 17.2. The highest BCUT2D eigenvalue weighted by Crippen LogP contribution is 2.42. The summed E-state index contributed by atoms with van der Waals surface area (Å²) in [6.45, 7) is 6.41. The lowest BCUT2D eigenvalue weighted by atomic mass is 9.79. The number of likely N-dealkylation sites (tertiary alicyclic amines) is 1. The molecule has 1 aromatic carbocycles. The highest BCUT2D eigenvalue weighted by atomic mass is 16.5. The second kappa shape index (κ2) is 7.09. The van der Waals surface area contributed by atoms with E-state index >= 15 is 0 Å². The van der Waals surface area contributed by atoms with Crippen LogP contribution in [0.1, 0.15) is 12.0 Å². The number of para-hydroxylation sites is 2. The van der Waals surface area contributed by atoms with Crippen LogP contribution in [0.15, 0.2) is 43.2 Å². The lowest BCUT2D eigenvalue weighted by molar-refractivity contribution is -0.136. The zero-order chi connectivity index (χ0) is 21.6. The molecule has 9 heteroatoms. The largest absolute Gasteiger partial charge is 0.467 e. The van der Waals surface area contributed by atoms with E-state index in [1.165, 1.54) is 13.2 Å². The molecule has 9 nitrogen and oxygen atoms in total. The van der Waals surface area contributed by atoms with Crippen molar-refractivity contribution in [3.63, 3.8) is 0 Å². The van der Waals surface area contributed by atoms with Crippen LogP contribution in [0.2, 0.25) is 0 Å². The zero-order valence-corrected chi connectivity index (χ0v) is 17.2. The lowest BCUT2D eigenvalue weighted by Crippen LogP contribution is -2.59. The maximum Gasteiger partial charge on any atom is 0.320 e. The van der Waals surface area contributed by atoms with E-state index in [1.807, 2.05) is 24.3 Å². The van der Waals surface area contributed by atoms with Gasteiger partial charge in [-0.05, 0) is 24.6 Å². The van der Waals surface area contributed by atoms with Crippen molar-refractivity contribution >= 4 is 22.8 Å². The number of hydrogen-bond donors (Lipinski definition) is 0. The first-order chi connectivity index (χ1) is 15.1. The number of benzene rings is 1. The highest BCUT2D eigenvalue weighted by molar-refractivity contribution is 5.87. The van der Waals surface area contributed by atoms with Crippen molar-refractivity contribution in [1.82, 2.24) is 24.4 Å². The first-order valence-electron chi connectivity index (χ1n) is 10.0. The summed E-state index contributed by atoms with van der Waals surface area (Å²) in [4.78, 5) is 29.2. The van der Waals surface area contributed by atoms with Gasteiger partial charge in [0.25, 0.3) is 0 Å². The number of rotatable bonds is 4. The van der Waals surface area contributed by atoms with Gasteiger partial charge in [-0.1, -0.05) is 18.7 Å². The molecule has 2 fully saturated rings. The number of amides is 1. The monoisotopic (exact) mass is 415 g/mol. The highest BCUT2D eigenvalue weighted by Gasteiger charge is 2.49. The van der Waals surface area contributed by atoms with Gasteiger partial charge in [-0.3, -0.25) is 9.36 Å². The van der Waals surface area contributed by atoms with Crippen LogP contribution in [-0.4, -0.2) is 63.6 Å². The normalized spacial score (nSPS) is 16.9. The molecular weight excluding hydrogens is 394 g/mol. The molecule has 2 saturated heterocycles. The number of methoxy groups -OCH3 is 1. The Morgan fingerprint density at radius 2 is 2.03 bits per heavy atom. The van der Waals surface area contributed by atoms with E-state index in [4.69, 9.17) is 4.74 Å². The molecule has 0 aliphatic carbocycles. The van der Waals surface area contributed by atoms with Crippen LogP contribution < -0.4 is 9.64 Å². The number of carbonyl (C=O) groups is 1. The topological polar surface area (TPSA) is 100 Å². The minimum absolute atomic E-state index is 0.0193. The van der Waals surface area contributed by atoms with Crippen LogP contribution in [-0.2, 0) is 4.79 Å². The van der Waals surface area contributed by atoms with Gasteiger partial charge in [0.15, 0.2) is 11.6 Å². The van der Waals surface area contributed by atoms with Crippen LogP contribution in [0, 0.1) is 16.7 Å². The van der Waals surface area contributed by atoms with Crippen LogP contribution in [0.5, 0.6) is 6.01 Å². The third-order valence-corrected chi connectivity index (χ3v) is 6.10. The molecule has 0 N–H and O–H groups in total. The summed E-state index contributed by atoms with van der Waals surface area (Å²) >= 11 is 0. The Kier molecular flexibility index (Phi) is 4.36. The van der Waals surface area contributed by atoms with E-state index in [1.54, 1.807) is 15.8 Å². The van der Waals surface area contributed by atoms with Gasteiger partial charge in [-0.25, -0.2) is 4.98 Å². The van der Waals surface area contributed by atoms with Gasteiger partial charge in [0.1, 0.15) is 18.0 Å². The lowest BCUT2D eigenvalue weighted by Gasteiger charge is -2.47. The molecule has 2 aliphatic heterocycles. The molecule has 156 valence electrons. The average molecular weight is 415 g/mol. The van der Waals surface area contributed by atoms with E-state index in [0.29, 0.717) is 36.8 Å². The molecule has 0 saturated carbocycles. The number of carbonyl (C=O) groups excluding carboxylic acids is 1. The molecule has 31 heavy (non-hydrogen) atoms. The van der Waals surface area contributed by atoms with Crippen molar-refractivity contribution in [2.24, 2.45) is 5.41 Å². The summed E-state index contributed by atoms with van der Waals surface area (Å²) in [6.07, 6.45) is 3.94. The maximum atomic E-state index is 11.9. The predicted octanol–water partition coefficient (Wildman–Crippen LogP) is 1.92. The van der Waals surface area contributed by atoms with Crippen molar-refractivity contribution < 1.29 is 9.53 Å². The molecule has 0 atom stereocenters.